The maximum Gasteiger partial charge on any atom is 0.411 e. The Kier molecular flexibility index (Phi) is 6.14. The van der Waals surface area contributed by atoms with Gasteiger partial charge in [-0.25, -0.2) is 19.6 Å². The molecule has 0 saturated carbocycles. The molecular formula is C20H18N4O4. The summed E-state index contributed by atoms with van der Waals surface area (Å²) >= 11 is 0. The van der Waals surface area contributed by atoms with E-state index in [1.165, 1.54) is 6.07 Å². The summed E-state index contributed by atoms with van der Waals surface area (Å²) in [6, 6.07) is 15.0. The summed E-state index contributed by atoms with van der Waals surface area (Å²) in [6.07, 6.45) is 2.66. The lowest BCUT2D eigenvalue weighted by Crippen LogP contribution is -2.13. The van der Waals surface area contributed by atoms with Crippen molar-refractivity contribution in [3.63, 3.8) is 0 Å². The zero-order chi connectivity index (χ0) is 19.8. The number of aromatic nitrogens is 2. The molecule has 0 radical (unpaired) electrons. The summed E-state index contributed by atoms with van der Waals surface area (Å²) < 4.78 is 10.2. The second-order valence-corrected chi connectivity index (χ2v) is 5.54. The van der Waals surface area contributed by atoms with E-state index in [0.717, 1.165) is 0 Å². The number of hydrogen-bond donors (Lipinski definition) is 2. The molecule has 28 heavy (non-hydrogen) atoms. The second kappa shape index (κ2) is 9.13. The number of amides is 1. The minimum atomic E-state index is -0.576. The summed E-state index contributed by atoms with van der Waals surface area (Å²) in [6.45, 7) is 1.98. The molecule has 2 aromatic carbocycles. The summed E-state index contributed by atoms with van der Waals surface area (Å²) in [5.41, 5.74) is 1.46. The Morgan fingerprint density at radius 3 is 2.50 bits per heavy atom. The van der Waals surface area contributed by atoms with E-state index in [-0.39, 0.29) is 6.61 Å². The highest BCUT2D eigenvalue weighted by Gasteiger charge is 2.11. The molecule has 1 heterocycles. The van der Waals surface area contributed by atoms with Crippen LogP contribution in [-0.4, -0.2) is 28.6 Å². The third-order valence-corrected chi connectivity index (χ3v) is 3.49. The zero-order valence-corrected chi connectivity index (χ0v) is 15.1. The number of hydrogen-bond acceptors (Lipinski definition) is 7. The van der Waals surface area contributed by atoms with Gasteiger partial charge in [0.05, 0.1) is 12.2 Å². The molecule has 0 aliphatic carbocycles. The summed E-state index contributed by atoms with van der Waals surface area (Å²) in [5.74, 6) is 0.181. The first-order valence-electron chi connectivity index (χ1n) is 8.54. The molecule has 0 aliphatic rings. The smallest absolute Gasteiger partial charge is 0.411 e. The Morgan fingerprint density at radius 2 is 1.71 bits per heavy atom. The van der Waals surface area contributed by atoms with Crippen molar-refractivity contribution in [1.82, 2.24) is 9.97 Å². The van der Waals surface area contributed by atoms with E-state index < -0.39 is 12.1 Å². The predicted octanol–water partition coefficient (Wildman–Crippen LogP) is 4.01. The number of esters is 1. The van der Waals surface area contributed by atoms with Crippen molar-refractivity contribution in [3.05, 3.63) is 72.6 Å². The number of nitrogens with zero attached hydrogens (tertiary/aromatic N) is 2. The molecule has 0 spiro atoms. The molecule has 0 bridgehead atoms. The Morgan fingerprint density at radius 1 is 0.964 bits per heavy atom. The van der Waals surface area contributed by atoms with Gasteiger partial charge in [0.2, 0.25) is 5.95 Å². The number of carbonyl (C=O) groups is 2. The van der Waals surface area contributed by atoms with E-state index in [9.17, 15) is 9.59 Å². The first-order chi connectivity index (χ1) is 13.6. The molecule has 1 aromatic heterocycles. The molecular weight excluding hydrogens is 360 g/mol. The van der Waals surface area contributed by atoms with E-state index in [4.69, 9.17) is 9.47 Å². The molecule has 3 rings (SSSR count). The van der Waals surface area contributed by atoms with E-state index in [1.54, 1.807) is 67.8 Å². The molecule has 0 atom stereocenters. The highest BCUT2D eigenvalue weighted by Crippen LogP contribution is 2.20. The van der Waals surface area contributed by atoms with Crippen LogP contribution in [0.4, 0.5) is 22.1 Å². The lowest BCUT2D eigenvalue weighted by Gasteiger charge is -2.09. The van der Waals surface area contributed by atoms with E-state index in [2.05, 4.69) is 20.6 Å². The largest absolute Gasteiger partial charge is 0.450 e. The van der Waals surface area contributed by atoms with Crippen LogP contribution in [0.5, 0.6) is 5.75 Å². The van der Waals surface area contributed by atoms with Crippen molar-refractivity contribution in [2.75, 3.05) is 17.2 Å². The SMILES string of the molecule is CCOC(=O)Nc1cccc(OC(=O)c2cccc(Nc3ncccn3)c2)c1. The minimum Gasteiger partial charge on any atom is -0.450 e. The van der Waals surface area contributed by atoms with Gasteiger partial charge in [0.1, 0.15) is 5.75 Å². The number of anilines is 3. The fourth-order valence-corrected chi connectivity index (χ4v) is 2.30. The molecule has 0 fully saturated rings. The molecule has 0 aliphatic heterocycles. The summed E-state index contributed by atoms with van der Waals surface area (Å²) in [7, 11) is 0. The van der Waals surface area contributed by atoms with Crippen LogP contribution < -0.4 is 15.4 Å². The van der Waals surface area contributed by atoms with Crippen LogP contribution in [0, 0.1) is 0 Å². The Bertz CT molecular complexity index is 963. The average molecular weight is 378 g/mol. The van der Waals surface area contributed by atoms with E-state index >= 15 is 0 Å². The van der Waals surface area contributed by atoms with Crippen molar-refractivity contribution in [1.29, 1.82) is 0 Å². The van der Waals surface area contributed by atoms with Gasteiger partial charge in [-0.05, 0) is 43.3 Å². The maximum absolute atomic E-state index is 12.5. The molecule has 142 valence electrons. The summed E-state index contributed by atoms with van der Waals surface area (Å²) in [4.78, 5) is 32.1. The van der Waals surface area contributed by atoms with Gasteiger partial charge in [0, 0.05) is 29.8 Å². The highest BCUT2D eigenvalue weighted by molar-refractivity contribution is 5.92. The number of benzene rings is 2. The second-order valence-electron chi connectivity index (χ2n) is 5.54. The average Bonchev–Trinajstić information content (AvgIpc) is 2.69. The van der Waals surface area contributed by atoms with Crippen molar-refractivity contribution in [3.8, 4) is 5.75 Å². The molecule has 2 N–H and O–H groups in total. The highest BCUT2D eigenvalue weighted by atomic mass is 16.5. The number of nitrogens with one attached hydrogen (secondary N) is 2. The van der Waals surface area contributed by atoms with Crippen LogP contribution in [0.3, 0.4) is 0 Å². The molecule has 1 amide bonds. The lowest BCUT2D eigenvalue weighted by molar-refractivity contribution is 0.0735. The molecule has 0 saturated heterocycles. The van der Waals surface area contributed by atoms with E-state index in [1.807, 2.05) is 0 Å². The third kappa shape index (κ3) is 5.28. The zero-order valence-electron chi connectivity index (χ0n) is 15.1. The van der Waals surface area contributed by atoms with Crippen molar-refractivity contribution < 1.29 is 19.1 Å². The van der Waals surface area contributed by atoms with Gasteiger partial charge < -0.3 is 14.8 Å². The third-order valence-electron chi connectivity index (χ3n) is 3.49. The van der Waals surface area contributed by atoms with Gasteiger partial charge in [-0.1, -0.05) is 12.1 Å². The normalized spacial score (nSPS) is 10.0. The fraction of sp³-hybridized carbons (Fsp3) is 0.100. The monoisotopic (exact) mass is 378 g/mol. The standard InChI is InChI=1S/C20H18N4O4/c1-2-27-20(26)24-16-8-4-9-17(13-16)28-18(25)14-6-3-7-15(12-14)23-19-21-10-5-11-22-19/h3-13H,2H2,1H3,(H,24,26)(H,21,22,23). The van der Waals surface area contributed by atoms with Gasteiger partial charge in [-0.2, -0.15) is 0 Å². The topological polar surface area (TPSA) is 102 Å². The van der Waals surface area contributed by atoms with Crippen LogP contribution >= 0.6 is 0 Å². The molecule has 8 heteroatoms. The summed E-state index contributed by atoms with van der Waals surface area (Å²) in [5, 5.41) is 5.57. The quantitative estimate of drug-likeness (QED) is 0.493. The first kappa shape index (κ1) is 18.8. The van der Waals surface area contributed by atoms with E-state index in [0.29, 0.717) is 28.6 Å². The Labute approximate surface area is 161 Å². The molecule has 0 unspecified atom stereocenters. The first-order valence-corrected chi connectivity index (χ1v) is 8.54. The van der Waals surface area contributed by atoms with Crippen LogP contribution in [-0.2, 0) is 4.74 Å². The number of carbonyl (C=O) groups excluding carboxylic acids is 2. The van der Waals surface area contributed by atoms with Crippen LogP contribution in [0.15, 0.2) is 67.0 Å². The van der Waals surface area contributed by atoms with Gasteiger partial charge in [-0.15, -0.1) is 0 Å². The van der Waals surface area contributed by atoms with Crippen molar-refractivity contribution in [2.24, 2.45) is 0 Å². The van der Waals surface area contributed by atoms with Crippen LogP contribution in [0.2, 0.25) is 0 Å². The van der Waals surface area contributed by atoms with Gasteiger partial charge in [0.15, 0.2) is 0 Å². The fourth-order valence-electron chi connectivity index (χ4n) is 2.30. The van der Waals surface area contributed by atoms with Crippen LogP contribution in [0.25, 0.3) is 0 Å². The lowest BCUT2D eigenvalue weighted by atomic mass is 10.2. The number of ether oxygens (including phenoxy) is 2. The Balaban J connectivity index is 1.68. The van der Waals surface area contributed by atoms with Crippen LogP contribution in [0.1, 0.15) is 17.3 Å². The van der Waals surface area contributed by atoms with Crippen molar-refractivity contribution >= 4 is 29.4 Å². The van der Waals surface area contributed by atoms with Gasteiger partial charge >= 0.3 is 12.1 Å². The van der Waals surface area contributed by atoms with Gasteiger partial charge in [-0.3, -0.25) is 5.32 Å². The molecule has 3 aromatic rings. The number of rotatable bonds is 6. The predicted molar refractivity (Wildman–Crippen MR) is 104 cm³/mol. The molecule has 8 nitrogen and oxygen atoms in total. The maximum atomic E-state index is 12.5. The van der Waals surface area contributed by atoms with Crippen molar-refractivity contribution in [2.45, 2.75) is 6.92 Å². The minimum absolute atomic E-state index is 0.263. The van der Waals surface area contributed by atoms with Gasteiger partial charge in [0.25, 0.3) is 0 Å². The Hall–Kier alpha value is -3.94.